The molecule has 0 aromatic heterocycles. The van der Waals surface area contributed by atoms with E-state index in [1.165, 1.54) is 0 Å². The summed E-state index contributed by atoms with van der Waals surface area (Å²) < 4.78 is 0. The standard InChI is InChI=1S/4C2H4O2.Ca.Cu.4H2O/c4*1-2(3)4;;;;;;/h4*1H3,(H,3,4);;;4*1H2/q;;;;+2;;;;;/p-2. The Balaban J connectivity index is -0.00000001000. The van der Waals surface area contributed by atoms with Crippen LogP contribution in [0.25, 0.3) is 0 Å². The summed E-state index contributed by atoms with van der Waals surface area (Å²) >= 11 is 0. The Kier molecular flexibility index (Phi) is 183. The van der Waals surface area contributed by atoms with Crippen molar-refractivity contribution >= 4 is 61.6 Å². The third-order valence-corrected chi connectivity index (χ3v) is 0. The molecule has 0 rings (SSSR count). The van der Waals surface area contributed by atoms with Gasteiger partial charge in [-0.05, 0) is 13.8 Å². The zero-order chi connectivity index (χ0) is 14.3. The second-order valence-electron chi connectivity index (χ2n) is 2.02. The van der Waals surface area contributed by atoms with Crippen molar-refractivity contribution in [2.75, 3.05) is 0 Å². The monoisotopic (exact) mass is 413 g/mol. The van der Waals surface area contributed by atoms with Crippen LogP contribution in [0.3, 0.4) is 0 Å². The van der Waals surface area contributed by atoms with Gasteiger partial charge in [0.1, 0.15) is 0 Å². The molecule has 0 atom stereocenters. The van der Waals surface area contributed by atoms with Crippen molar-refractivity contribution in [3.8, 4) is 0 Å². The van der Waals surface area contributed by atoms with Crippen molar-refractivity contribution < 1.29 is 78.6 Å². The van der Waals surface area contributed by atoms with Crippen molar-refractivity contribution in [1.82, 2.24) is 0 Å². The Morgan fingerprint density at radius 1 is 0.636 bits per heavy atom. The molecule has 0 spiro atoms. The molecule has 0 heterocycles. The zero-order valence-corrected chi connectivity index (χ0v) is 15.5. The summed E-state index contributed by atoms with van der Waals surface area (Å²) in [4.78, 5) is 35.8. The molecule has 0 saturated carbocycles. The number of carboxylic acids is 4. The molecule has 0 aromatic rings. The van der Waals surface area contributed by atoms with Crippen LogP contribution in [-0.2, 0) is 36.2 Å². The Morgan fingerprint density at radius 2 is 0.636 bits per heavy atom. The van der Waals surface area contributed by atoms with Gasteiger partial charge in [0, 0.05) is 42.9 Å². The predicted octanol–water partition coefficient (Wildman–Crippen LogP) is -5.99. The Hall–Kier alpha value is -0.501. The number of hydrogen-bond donors (Lipinski definition) is 2. The molecular formula is C8H22CaCuO12. The van der Waals surface area contributed by atoms with E-state index in [1.807, 2.05) is 0 Å². The first-order valence-corrected chi connectivity index (χ1v) is 3.67. The molecule has 0 amide bonds. The van der Waals surface area contributed by atoms with E-state index < -0.39 is 23.9 Å². The van der Waals surface area contributed by atoms with E-state index in [4.69, 9.17) is 39.6 Å². The number of carbonyl (C=O) groups excluding carboxylic acids is 2. The van der Waals surface area contributed by atoms with Gasteiger partial charge in [-0.15, -0.1) is 0 Å². The number of carbonyl (C=O) groups is 4. The van der Waals surface area contributed by atoms with E-state index in [0.29, 0.717) is 0 Å². The van der Waals surface area contributed by atoms with Crippen LogP contribution in [-0.4, -0.2) is 93.7 Å². The third-order valence-electron chi connectivity index (χ3n) is 0. The van der Waals surface area contributed by atoms with Gasteiger partial charge in [0.15, 0.2) is 0 Å². The minimum Gasteiger partial charge on any atom is -0.550 e. The van der Waals surface area contributed by atoms with E-state index in [2.05, 4.69) is 0 Å². The van der Waals surface area contributed by atoms with Crippen LogP contribution >= 0.6 is 0 Å². The van der Waals surface area contributed by atoms with Gasteiger partial charge in [-0.1, -0.05) is 0 Å². The molecule has 10 N–H and O–H groups in total. The first-order valence-electron chi connectivity index (χ1n) is 3.67. The quantitative estimate of drug-likeness (QED) is 0.359. The van der Waals surface area contributed by atoms with Crippen LogP contribution in [0, 0.1) is 0 Å². The average molecular weight is 414 g/mol. The molecule has 0 aliphatic carbocycles. The number of aliphatic carboxylic acids is 4. The third kappa shape index (κ3) is 26600. The van der Waals surface area contributed by atoms with E-state index in [1.54, 1.807) is 0 Å². The Morgan fingerprint density at radius 3 is 0.636 bits per heavy atom. The first-order chi connectivity index (χ1) is 6.93. The van der Waals surface area contributed by atoms with Crippen molar-refractivity contribution in [1.29, 1.82) is 0 Å². The second kappa shape index (κ2) is 58.9. The normalized spacial score (nSPS) is 4.55. The average Bonchev–Trinajstić information content (AvgIpc) is 1.76. The molecule has 14 heteroatoms. The van der Waals surface area contributed by atoms with Crippen LogP contribution in [0.15, 0.2) is 0 Å². The molecule has 12 nitrogen and oxygen atoms in total. The van der Waals surface area contributed by atoms with E-state index in [0.717, 1.165) is 27.7 Å². The first kappa shape index (κ1) is 68.3. The molecule has 22 heavy (non-hydrogen) atoms. The minimum absolute atomic E-state index is 0. The molecule has 1 radical (unpaired) electrons. The van der Waals surface area contributed by atoms with Gasteiger partial charge in [0.2, 0.25) is 0 Å². The van der Waals surface area contributed by atoms with Crippen molar-refractivity contribution in [2.45, 2.75) is 27.7 Å². The van der Waals surface area contributed by atoms with Gasteiger partial charge in [0.25, 0.3) is 11.9 Å². The summed E-state index contributed by atoms with van der Waals surface area (Å²) in [6, 6.07) is 0. The van der Waals surface area contributed by atoms with Gasteiger partial charge in [-0.2, -0.15) is 0 Å². The molecule has 0 fully saturated rings. The molecule has 0 aliphatic rings. The zero-order valence-electron chi connectivity index (χ0n) is 12.4. The van der Waals surface area contributed by atoms with Crippen LogP contribution < -0.4 is 10.2 Å². The van der Waals surface area contributed by atoms with Crippen LogP contribution in [0.2, 0.25) is 0 Å². The van der Waals surface area contributed by atoms with Crippen molar-refractivity contribution in [3.63, 3.8) is 0 Å². The van der Waals surface area contributed by atoms with E-state index in [-0.39, 0.29) is 76.7 Å². The Labute approximate surface area is 167 Å². The number of carboxylic acid groups (broad SMARTS) is 4. The fourth-order valence-electron chi connectivity index (χ4n) is 0. The fourth-order valence-corrected chi connectivity index (χ4v) is 0. The van der Waals surface area contributed by atoms with E-state index in [9.17, 15) is 0 Å². The molecule has 0 aliphatic heterocycles. The summed E-state index contributed by atoms with van der Waals surface area (Å²) in [5, 5.41) is 32.6. The van der Waals surface area contributed by atoms with E-state index >= 15 is 0 Å². The molecule has 0 bridgehead atoms. The summed E-state index contributed by atoms with van der Waals surface area (Å²) in [6.07, 6.45) is 0. The molecular weight excluding hydrogens is 392 g/mol. The topological polar surface area (TPSA) is 281 Å². The summed E-state index contributed by atoms with van der Waals surface area (Å²) in [5.41, 5.74) is 0. The fraction of sp³-hybridized carbons (Fsp3) is 0.500. The predicted molar refractivity (Wildman–Crippen MR) is 68.2 cm³/mol. The summed E-state index contributed by atoms with van der Waals surface area (Å²) in [6.45, 7) is 4.11. The molecule has 0 saturated heterocycles. The van der Waals surface area contributed by atoms with Crippen LogP contribution in [0.5, 0.6) is 0 Å². The maximum atomic E-state index is 9.00. The largest absolute Gasteiger partial charge is 2.00 e. The SMILES string of the molecule is CC(=O)O.CC(=O)O.CC(=O)[O-].CC(=O)[O-].O.O.O.O.[Ca+2].[Cu]. The van der Waals surface area contributed by atoms with Gasteiger partial charge in [-0.25, -0.2) is 0 Å². The maximum Gasteiger partial charge on any atom is 2.00 e. The maximum absolute atomic E-state index is 9.00. The summed E-state index contributed by atoms with van der Waals surface area (Å²) in [5.74, 6) is -3.83. The van der Waals surface area contributed by atoms with Crippen molar-refractivity contribution in [2.24, 2.45) is 0 Å². The van der Waals surface area contributed by atoms with Crippen LogP contribution in [0.4, 0.5) is 0 Å². The molecule has 0 unspecified atom stereocenters. The smallest absolute Gasteiger partial charge is 0.550 e. The Bertz CT molecular complexity index is 171. The number of rotatable bonds is 0. The van der Waals surface area contributed by atoms with Gasteiger partial charge < -0.3 is 51.9 Å². The van der Waals surface area contributed by atoms with Crippen molar-refractivity contribution in [3.05, 3.63) is 0 Å². The van der Waals surface area contributed by atoms with Gasteiger partial charge in [-0.3, -0.25) is 9.59 Å². The minimum atomic E-state index is -1.08. The molecule has 0 aromatic carbocycles. The van der Waals surface area contributed by atoms with Gasteiger partial charge in [0.05, 0.1) is 0 Å². The van der Waals surface area contributed by atoms with Crippen LogP contribution in [0.1, 0.15) is 27.7 Å². The number of hydrogen-bond acceptors (Lipinski definition) is 6. The van der Waals surface area contributed by atoms with Gasteiger partial charge >= 0.3 is 37.7 Å². The molecule has 139 valence electrons. The second-order valence-corrected chi connectivity index (χ2v) is 2.02. The summed E-state index contributed by atoms with van der Waals surface area (Å²) in [7, 11) is 0.